The monoisotopic (exact) mass is 342 g/mol. The number of ketones is 1. The average molecular weight is 343 g/mol. The van der Waals surface area contributed by atoms with E-state index in [1.807, 2.05) is 42.5 Å². The number of Topliss-reactive ketones (excluding diaryl/α,β-unsaturated/α-hetero) is 1. The van der Waals surface area contributed by atoms with Gasteiger partial charge in [0.05, 0.1) is 5.41 Å². The molecule has 2 heteroatoms. The summed E-state index contributed by atoms with van der Waals surface area (Å²) in [6, 6.07) is 18.4. The molecule has 2 aromatic carbocycles. The van der Waals surface area contributed by atoms with E-state index < -0.39 is 0 Å². The fraction of sp³-hybridized carbons (Fsp3) is 0.316. The summed E-state index contributed by atoms with van der Waals surface area (Å²) in [5, 5.41) is 0. The first-order valence-electron chi connectivity index (χ1n) is 7.54. The Bertz CT molecular complexity index is 627. The highest BCUT2D eigenvalue weighted by Gasteiger charge is 2.41. The number of carbonyl (C=O) groups is 1. The van der Waals surface area contributed by atoms with Gasteiger partial charge in [-0.05, 0) is 36.1 Å². The molecule has 0 unspecified atom stereocenters. The van der Waals surface area contributed by atoms with Gasteiger partial charge in [0.15, 0.2) is 0 Å². The SMILES string of the molecule is O=C(Cc1cccc(Br)c1)C1(c2ccccc2)CCCC1. The van der Waals surface area contributed by atoms with Crippen LogP contribution in [0.25, 0.3) is 0 Å². The second kappa shape index (κ2) is 6.15. The Morgan fingerprint density at radius 1 is 1.00 bits per heavy atom. The molecule has 1 aliphatic rings. The lowest BCUT2D eigenvalue weighted by molar-refractivity contribution is -0.123. The van der Waals surface area contributed by atoms with E-state index in [0.29, 0.717) is 12.2 Å². The number of carbonyl (C=O) groups excluding carboxylic acids is 1. The highest BCUT2D eigenvalue weighted by Crippen LogP contribution is 2.42. The van der Waals surface area contributed by atoms with Crippen molar-refractivity contribution in [3.8, 4) is 0 Å². The molecule has 1 saturated carbocycles. The van der Waals surface area contributed by atoms with E-state index in [-0.39, 0.29) is 5.41 Å². The summed E-state index contributed by atoms with van der Waals surface area (Å²) in [4.78, 5) is 13.0. The summed E-state index contributed by atoms with van der Waals surface area (Å²) >= 11 is 3.48. The van der Waals surface area contributed by atoms with E-state index in [9.17, 15) is 4.79 Å². The first-order chi connectivity index (χ1) is 10.2. The second-order valence-corrected chi connectivity index (χ2v) is 6.80. The van der Waals surface area contributed by atoms with Gasteiger partial charge in [0, 0.05) is 10.9 Å². The van der Waals surface area contributed by atoms with Crippen LogP contribution in [0.2, 0.25) is 0 Å². The smallest absolute Gasteiger partial charge is 0.147 e. The van der Waals surface area contributed by atoms with Gasteiger partial charge in [0.2, 0.25) is 0 Å². The first-order valence-corrected chi connectivity index (χ1v) is 8.33. The summed E-state index contributed by atoms with van der Waals surface area (Å²) in [5.74, 6) is 0.365. The Morgan fingerprint density at radius 2 is 1.71 bits per heavy atom. The molecule has 0 radical (unpaired) electrons. The minimum absolute atomic E-state index is 0.260. The molecule has 1 fully saturated rings. The zero-order valence-electron chi connectivity index (χ0n) is 12.0. The minimum atomic E-state index is -0.260. The Balaban J connectivity index is 1.89. The normalized spacial score (nSPS) is 16.8. The standard InChI is InChI=1S/C19H19BrO/c20-17-10-6-7-15(13-17)14-18(21)19(11-4-5-12-19)16-8-2-1-3-9-16/h1-3,6-10,13H,4-5,11-12,14H2. The van der Waals surface area contributed by atoms with E-state index in [1.165, 1.54) is 5.56 Å². The topological polar surface area (TPSA) is 17.1 Å². The molecule has 0 saturated heterocycles. The van der Waals surface area contributed by atoms with Crippen LogP contribution in [0.15, 0.2) is 59.1 Å². The van der Waals surface area contributed by atoms with Crippen LogP contribution in [-0.2, 0) is 16.6 Å². The van der Waals surface area contributed by atoms with E-state index in [4.69, 9.17) is 0 Å². The number of hydrogen-bond acceptors (Lipinski definition) is 1. The zero-order chi connectivity index (χ0) is 14.7. The molecule has 1 nitrogen and oxygen atoms in total. The maximum absolute atomic E-state index is 13.0. The summed E-state index contributed by atoms with van der Waals surface area (Å²) in [6.45, 7) is 0. The molecular weight excluding hydrogens is 324 g/mol. The highest BCUT2D eigenvalue weighted by atomic mass is 79.9. The number of hydrogen-bond donors (Lipinski definition) is 0. The molecule has 0 spiro atoms. The Morgan fingerprint density at radius 3 is 2.38 bits per heavy atom. The molecule has 0 atom stereocenters. The Labute approximate surface area is 134 Å². The van der Waals surface area contributed by atoms with Crippen LogP contribution >= 0.6 is 15.9 Å². The third-order valence-electron chi connectivity index (χ3n) is 4.57. The van der Waals surface area contributed by atoms with Crippen molar-refractivity contribution >= 4 is 21.7 Å². The van der Waals surface area contributed by atoms with Crippen molar-refractivity contribution in [3.63, 3.8) is 0 Å². The molecule has 0 N–H and O–H groups in total. The fourth-order valence-electron chi connectivity index (χ4n) is 3.47. The predicted octanol–water partition coefficient (Wildman–Crippen LogP) is 5.07. The number of benzene rings is 2. The summed E-state index contributed by atoms with van der Waals surface area (Å²) in [6.07, 6.45) is 4.81. The third kappa shape index (κ3) is 2.96. The van der Waals surface area contributed by atoms with Crippen molar-refractivity contribution in [2.24, 2.45) is 0 Å². The molecule has 3 rings (SSSR count). The van der Waals surface area contributed by atoms with E-state index in [2.05, 4.69) is 28.1 Å². The highest BCUT2D eigenvalue weighted by molar-refractivity contribution is 9.10. The van der Waals surface area contributed by atoms with Crippen LogP contribution in [0, 0.1) is 0 Å². The maximum atomic E-state index is 13.0. The first kappa shape index (κ1) is 14.5. The van der Waals surface area contributed by atoms with Gasteiger partial charge >= 0.3 is 0 Å². The van der Waals surface area contributed by atoms with E-state index in [1.54, 1.807) is 0 Å². The quantitative estimate of drug-likeness (QED) is 0.757. The largest absolute Gasteiger partial charge is 0.298 e. The van der Waals surface area contributed by atoms with Crippen LogP contribution in [-0.4, -0.2) is 5.78 Å². The maximum Gasteiger partial charge on any atom is 0.147 e. The molecule has 0 heterocycles. The van der Waals surface area contributed by atoms with Gasteiger partial charge in [-0.25, -0.2) is 0 Å². The second-order valence-electron chi connectivity index (χ2n) is 5.89. The van der Waals surface area contributed by atoms with Gasteiger partial charge in [-0.15, -0.1) is 0 Å². The molecule has 1 aliphatic carbocycles. The molecule has 21 heavy (non-hydrogen) atoms. The number of halogens is 1. The van der Waals surface area contributed by atoms with E-state index >= 15 is 0 Å². The lowest BCUT2D eigenvalue weighted by Crippen LogP contribution is -2.34. The van der Waals surface area contributed by atoms with E-state index in [0.717, 1.165) is 35.7 Å². The van der Waals surface area contributed by atoms with Gasteiger partial charge in [0.1, 0.15) is 5.78 Å². The van der Waals surface area contributed by atoms with Gasteiger partial charge in [-0.3, -0.25) is 4.79 Å². The van der Waals surface area contributed by atoms with Crippen LogP contribution in [0.1, 0.15) is 36.8 Å². The molecule has 0 bridgehead atoms. The molecule has 0 amide bonds. The van der Waals surface area contributed by atoms with Gasteiger partial charge in [0.25, 0.3) is 0 Å². The van der Waals surface area contributed by atoms with Crippen LogP contribution < -0.4 is 0 Å². The summed E-state index contributed by atoms with van der Waals surface area (Å²) < 4.78 is 1.04. The van der Waals surface area contributed by atoms with Crippen LogP contribution in [0.4, 0.5) is 0 Å². The average Bonchev–Trinajstić information content (AvgIpc) is 2.99. The van der Waals surface area contributed by atoms with Crippen molar-refractivity contribution in [2.45, 2.75) is 37.5 Å². The van der Waals surface area contributed by atoms with Crippen molar-refractivity contribution < 1.29 is 4.79 Å². The molecular formula is C19H19BrO. The van der Waals surface area contributed by atoms with Crippen molar-refractivity contribution in [3.05, 3.63) is 70.2 Å². The van der Waals surface area contributed by atoms with Gasteiger partial charge < -0.3 is 0 Å². The minimum Gasteiger partial charge on any atom is -0.298 e. The summed E-state index contributed by atoms with van der Waals surface area (Å²) in [5.41, 5.74) is 2.03. The molecule has 2 aromatic rings. The molecule has 0 aliphatic heterocycles. The molecule has 108 valence electrons. The predicted molar refractivity (Wildman–Crippen MR) is 89.4 cm³/mol. The third-order valence-corrected chi connectivity index (χ3v) is 5.06. The van der Waals surface area contributed by atoms with Crippen molar-refractivity contribution in [2.75, 3.05) is 0 Å². The molecule has 0 aromatic heterocycles. The van der Waals surface area contributed by atoms with Gasteiger partial charge in [-0.2, -0.15) is 0 Å². The van der Waals surface area contributed by atoms with Crippen LogP contribution in [0.5, 0.6) is 0 Å². The Hall–Kier alpha value is -1.41. The zero-order valence-corrected chi connectivity index (χ0v) is 13.6. The fourth-order valence-corrected chi connectivity index (χ4v) is 3.91. The van der Waals surface area contributed by atoms with Crippen molar-refractivity contribution in [1.82, 2.24) is 0 Å². The summed E-state index contributed by atoms with van der Waals surface area (Å²) in [7, 11) is 0. The van der Waals surface area contributed by atoms with Gasteiger partial charge in [-0.1, -0.05) is 71.2 Å². The lowest BCUT2D eigenvalue weighted by Gasteiger charge is -2.28. The lowest BCUT2D eigenvalue weighted by atomic mass is 9.73. The van der Waals surface area contributed by atoms with Crippen LogP contribution in [0.3, 0.4) is 0 Å². The van der Waals surface area contributed by atoms with Crippen molar-refractivity contribution in [1.29, 1.82) is 0 Å². The number of rotatable bonds is 4. The Kier molecular flexibility index (Phi) is 4.25.